The number of rotatable bonds is 9. The van der Waals surface area contributed by atoms with E-state index in [4.69, 9.17) is 32.7 Å². The molecule has 0 aliphatic rings. The second-order valence-corrected chi connectivity index (χ2v) is 7.15. The number of carbonyl (C=O) groups is 2. The molecule has 0 spiro atoms. The second-order valence-electron chi connectivity index (χ2n) is 6.30. The highest BCUT2D eigenvalue weighted by molar-refractivity contribution is 6.35. The summed E-state index contributed by atoms with van der Waals surface area (Å²) in [4.78, 5) is 26.7. The average Bonchev–Trinajstić information content (AvgIpc) is 2.71. The van der Waals surface area contributed by atoms with Gasteiger partial charge in [0.1, 0.15) is 17.5 Å². The normalized spacial score (nSPS) is 11.5. The molecule has 0 aliphatic heterocycles. The summed E-state index contributed by atoms with van der Waals surface area (Å²) in [6.07, 6.45) is 0. The van der Waals surface area contributed by atoms with Gasteiger partial charge < -0.3 is 19.7 Å². The molecular weight excluding hydrogens is 415 g/mol. The maximum absolute atomic E-state index is 12.9. The number of methoxy groups -OCH3 is 1. The Morgan fingerprint density at radius 3 is 2.41 bits per heavy atom. The number of hydrogen-bond donors (Lipinski definition) is 1. The molecule has 0 aliphatic carbocycles. The maximum atomic E-state index is 12.9. The lowest BCUT2D eigenvalue weighted by molar-refractivity contribution is -0.142. The van der Waals surface area contributed by atoms with Crippen molar-refractivity contribution in [2.75, 3.05) is 20.3 Å². The number of ether oxygens (including phenoxy) is 2. The Morgan fingerprint density at radius 2 is 1.83 bits per heavy atom. The number of amides is 2. The minimum atomic E-state index is -0.672. The second kappa shape index (κ2) is 10.9. The van der Waals surface area contributed by atoms with Crippen LogP contribution in [-0.4, -0.2) is 43.0 Å². The number of halogens is 2. The fraction of sp³-hybridized carbons (Fsp3) is 0.333. The maximum Gasteiger partial charge on any atom is 0.261 e. The highest BCUT2D eigenvalue weighted by Crippen LogP contribution is 2.27. The standard InChI is InChI=1S/C21H24Cl2N2O4/c1-4-24-21(27)14(2)25(12-15-5-8-17(28-3)9-6-15)20(26)13-29-19-10-7-16(22)11-18(19)23/h5-11,14H,4,12-13H2,1-3H3,(H,24,27)/t14-/m1/s1. The molecule has 1 N–H and O–H groups in total. The number of carbonyl (C=O) groups excluding carboxylic acids is 2. The molecule has 0 radical (unpaired) electrons. The van der Waals surface area contributed by atoms with E-state index in [1.54, 1.807) is 38.3 Å². The monoisotopic (exact) mass is 438 g/mol. The smallest absolute Gasteiger partial charge is 0.261 e. The van der Waals surface area contributed by atoms with Crippen LogP contribution in [0.5, 0.6) is 11.5 Å². The Morgan fingerprint density at radius 1 is 1.14 bits per heavy atom. The first-order valence-corrected chi connectivity index (χ1v) is 9.89. The Labute approximate surface area is 180 Å². The van der Waals surface area contributed by atoms with E-state index in [9.17, 15) is 9.59 Å². The van der Waals surface area contributed by atoms with Crippen molar-refractivity contribution in [3.8, 4) is 11.5 Å². The molecule has 2 aromatic carbocycles. The summed E-state index contributed by atoms with van der Waals surface area (Å²) in [5.74, 6) is 0.480. The lowest BCUT2D eigenvalue weighted by atomic mass is 10.1. The minimum Gasteiger partial charge on any atom is -0.497 e. The van der Waals surface area contributed by atoms with Gasteiger partial charge >= 0.3 is 0 Å². The van der Waals surface area contributed by atoms with E-state index in [0.29, 0.717) is 28.1 Å². The molecule has 0 fully saturated rings. The van der Waals surface area contributed by atoms with Crippen molar-refractivity contribution in [2.45, 2.75) is 26.4 Å². The minimum absolute atomic E-state index is 0.237. The van der Waals surface area contributed by atoms with Crippen LogP contribution in [0.3, 0.4) is 0 Å². The van der Waals surface area contributed by atoms with Crippen molar-refractivity contribution in [2.24, 2.45) is 0 Å². The number of likely N-dealkylation sites (N-methyl/N-ethyl adjacent to an activating group) is 1. The van der Waals surface area contributed by atoms with E-state index in [0.717, 1.165) is 5.56 Å². The number of hydrogen-bond acceptors (Lipinski definition) is 4. The SMILES string of the molecule is CCNC(=O)[C@@H](C)N(Cc1ccc(OC)cc1)C(=O)COc1ccc(Cl)cc1Cl. The van der Waals surface area contributed by atoms with E-state index in [1.807, 2.05) is 19.1 Å². The quantitative estimate of drug-likeness (QED) is 0.643. The molecule has 2 rings (SSSR count). The summed E-state index contributed by atoms with van der Waals surface area (Å²) in [6, 6.07) is 11.4. The predicted molar refractivity (Wildman–Crippen MR) is 114 cm³/mol. The van der Waals surface area contributed by atoms with Crippen LogP contribution in [-0.2, 0) is 16.1 Å². The van der Waals surface area contributed by atoms with Gasteiger partial charge in [0, 0.05) is 18.1 Å². The van der Waals surface area contributed by atoms with Gasteiger partial charge in [-0.05, 0) is 49.7 Å². The molecule has 0 aromatic heterocycles. The molecule has 0 bridgehead atoms. The van der Waals surface area contributed by atoms with Gasteiger partial charge in [0.05, 0.1) is 12.1 Å². The number of nitrogens with one attached hydrogen (secondary N) is 1. The summed E-state index contributed by atoms with van der Waals surface area (Å²) in [6.45, 7) is 3.97. The highest BCUT2D eigenvalue weighted by atomic mass is 35.5. The van der Waals surface area contributed by atoms with Crippen LogP contribution in [0, 0.1) is 0 Å². The molecule has 156 valence electrons. The average molecular weight is 439 g/mol. The molecule has 2 aromatic rings. The largest absolute Gasteiger partial charge is 0.497 e. The van der Waals surface area contributed by atoms with Crippen molar-refractivity contribution in [3.05, 3.63) is 58.1 Å². The van der Waals surface area contributed by atoms with Crippen molar-refractivity contribution in [3.63, 3.8) is 0 Å². The van der Waals surface area contributed by atoms with Crippen LogP contribution in [0.25, 0.3) is 0 Å². The van der Waals surface area contributed by atoms with Crippen molar-refractivity contribution < 1.29 is 19.1 Å². The zero-order chi connectivity index (χ0) is 21.4. The first-order chi connectivity index (χ1) is 13.8. The van der Waals surface area contributed by atoms with Crippen molar-refractivity contribution in [1.29, 1.82) is 0 Å². The zero-order valence-corrected chi connectivity index (χ0v) is 18.1. The fourth-order valence-corrected chi connectivity index (χ4v) is 3.11. The van der Waals surface area contributed by atoms with Crippen molar-refractivity contribution in [1.82, 2.24) is 10.2 Å². The fourth-order valence-electron chi connectivity index (χ4n) is 2.65. The van der Waals surface area contributed by atoms with E-state index in [1.165, 1.54) is 11.0 Å². The van der Waals surface area contributed by atoms with E-state index in [-0.39, 0.29) is 25.0 Å². The third kappa shape index (κ3) is 6.54. The van der Waals surface area contributed by atoms with Gasteiger partial charge in [-0.15, -0.1) is 0 Å². The van der Waals surface area contributed by atoms with E-state index >= 15 is 0 Å². The van der Waals surface area contributed by atoms with Gasteiger partial charge in [0.25, 0.3) is 5.91 Å². The lowest BCUT2D eigenvalue weighted by Gasteiger charge is -2.28. The first-order valence-electron chi connectivity index (χ1n) is 9.13. The molecule has 1 atom stereocenters. The molecule has 8 heteroatoms. The van der Waals surface area contributed by atoms with Gasteiger partial charge in [-0.25, -0.2) is 0 Å². The third-order valence-corrected chi connectivity index (χ3v) is 4.81. The predicted octanol–water partition coefficient (Wildman–Crippen LogP) is 3.93. The van der Waals surface area contributed by atoms with E-state index < -0.39 is 6.04 Å². The number of nitrogens with zero attached hydrogens (tertiary/aromatic N) is 1. The molecule has 0 heterocycles. The van der Waals surface area contributed by atoms with Crippen LogP contribution >= 0.6 is 23.2 Å². The van der Waals surface area contributed by atoms with Crippen LogP contribution in [0.1, 0.15) is 19.4 Å². The lowest BCUT2D eigenvalue weighted by Crippen LogP contribution is -2.49. The molecule has 0 unspecified atom stereocenters. The summed E-state index contributed by atoms with van der Waals surface area (Å²) in [5, 5.41) is 3.53. The first kappa shape index (κ1) is 22.8. The summed E-state index contributed by atoms with van der Waals surface area (Å²) in [5.41, 5.74) is 0.861. The Balaban J connectivity index is 2.15. The van der Waals surface area contributed by atoms with E-state index in [2.05, 4.69) is 5.32 Å². The molecule has 6 nitrogen and oxygen atoms in total. The zero-order valence-electron chi connectivity index (χ0n) is 16.6. The van der Waals surface area contributed by atoms with Gasteiger partial charge in [0.15, 0.2) is 6.61 Å². The summed E-state index contributed by atoms with van der Waals surface area (Å²) < 4.78 is 10.7. The van der Waals surface area contributed by atoms with Crippen LogP contribution in [0.2, 0.25) is 10.0 Å². The Hall–Kier alpha value is -2.44. The molecular formula is C21H24Cl2N2O4. The molecule has 2 amide bonds. The molecule has 29 heavy (non-hydrogen) atoms. The molecule has 0 saturated heterocycles. The Kier molecular flexibility index (Phi) is 8.61. The Bertz CT molecular complexity index is 843. The van der Waals surface area contributed by atoms with Crippen molar-refractivity contribution >= 4 is 35.0 Å². The van der Waals surface area contributed by atoms with Crippen LogP contribution in [0.4, 0.5) is 0 Å². The van der Waals surface area contributed by atoms with Crippen LogP contribution in [0.15, 0.2) is 42.5 Å². The number of benzene rings is 2. The van der Waals surface area contributed by atoms with Gasteiger partial charge in [-0.2, -0.15) is 0 Å². The third-order valence-electron chi connectivity index (χ3n) is 4.28. The van der Waals surface area contributed by atoms with Crippen LogP contribution < -0.4 is 14.8 Å². The summed E-state index contributed by atoms with van der Waals surface area (Å²) >= 11 is 12.0. The summed E-state index contributed by atoms with van der Waals surface area (Å²) in [7, 11) is 1.58. The van der Waals surface area contributed by atoms with Gasteiger partial charge in [0.2, 0.25) is 5.91 Å². The highest BCUT2D eigenvalue weighted by Gasteiger charge is 2.26. The van der Waals surface area contributed by atoms with Gasteiger partial charge in [-0.1, -0.05) is 35.3 Å². The topological polar surface area (TPSA) is 67.9 Å². The molecule has 0 saturated carbocycles. The van der Waals surface area contributed by atoms with Gasteiger partial charge in [-0.3, -0.25) is 9.59 Å².